The monoisotopic (exact) mass is 426 g/mol. The fraction of sp³-hybridized carbons (Fsp3) is 0.500. The Morgan fingerprint density at radius 3 is 2.56 bits per heavy atom. The van der Waals surface area contributed by atoms with Gasteiger partial charge in [-0.3, -0.25) is 0 Å². The van der Waals surface area contributed by atoms with Gasteiger partial charge in [-0.2, -0.15) is 11.8 Å². The lowest BCUT2D eigenvalue weighted by molar-refractivity contribution is 0.752. The Morgan fingerprint density at radius 2 is 1.89 bits per heavy atom. The highest BCUT2D eigenvalue weighted by Gasteiger charge is 2.05. The summed E-state index contributed by atoms with van der Waals surface area (Å²) in [7, 11) is 1.96. The summed E-state index contributed by atoms with van der Waals surface area (Å²) in [6.07, 6.45) is 3.22. The molecule has 2 N–H and O–H groups in total. The summed E-state index contributed by atoms with van der Waals surface area (Å²) < 4.78 is 1.96. The van der Waals surface area contributed by atoms with Crippen LogP contribution in [0.25, 0.3) is 0 Å². The van der Waals surface area contributed by atoms with E-state index in [4.69, 9.17) is 11.6 Å². The lowest BCUT2D eigenvalue weighted by Gasteiger charge is -2.12. The quantitative estimate of drug-likeness (QED) is 0.263. The van der Waals surface area contributed by atoms with Crippen LogP contribution in [-0.4, -0.2) is 51.6 Å². The minimum atomic E-state index is 0.500. The zero-order chi connectivity index (χ0) is 19.5. The van der Waals surface area contributed by atoms with Gasteiger partial charge in [-0.1, -0.05) is 11.6 Å². The van der Waals surface area contributed by atoms with Crippen LogP contribution in [-0.2, 0) is 13.6 Å². The Balaban J connectivity index is 1.83. The van der Waals surface area contributed by atoms with Crippen molar-refractivity contribution in [1.29, 1.82) is 0 Å². The van der Waals surface area contributed by atoms with E-state index in [9.17, 15) is 0 Å². The molecule has 0 atom stereocenters. The second-order valence-corrected chi connectivity index (χ2v) is 8.48. The molecule has 0 amide bonds. The largest absolute Gasteiger partial charge is 0.356 e. The van der Waals surface area contributed by atoms with Crippen molar-refractivity contribution < 1.29 is 0 Å². The van der Waals surface area contributed by atoms with Crippen LogP contribution in [0, 0.1) is 6.92 Å². The third-order valence-corrected chi connectivity index (χ3v) is 5.82. The van der Waals surface area contributed by atoms with Gasteiger partial charge in [0.25, 0.3) is 0 Å². The van der Waals surface area contributed by atoms with Crippen LogP contribution in [0.4, 0.5) is 0 Å². The Kier molecular flexibility index (Phi) is 9.86. The van der Waals surface area contributed by atoms with Crippen LogP contribution in [0.5, 0.6) is 0 Å². The first-order valence-electron chi connectivity index (χ1n) is 8.84. The molecule has 1 aromatic heterocycles. The third kappa shape index (κ3) is 8.02. The normalized spacial score (nSPS) is 11.6. The number of aliphatic imine (C=N–C) groups is 1. The zero-order valence-electron chi connectivity index (χ0n) is 16.0. The average Bonchev–Trinajstić information content (AvgIpc) is 2.99. The van der Waals surface area contributed by atoms with Gasteiger partial charge in [-0.15, -0.1) is 22.0 Å². The van der Waals surface area contributed by atoms with E-state index in [-0.39, 0.29) is 0 Å². The van der Waals surface area contributed by atoms with Gasteiger partial charge in [0.1, 0.15) is 12.4 Å². The van der Waals surface area contributed by atoms with E-state index < -0.39 is 0 Å². The second kappa shape index (κ2) is 12.2. The van der Waals surface area contributed by atoms with E-state index >= 15 is 0 Å². The summed E-state index contributed by atoms with van der Waals surface area (Å²) >= 11 is 9.57. The Hall–Kier alpha value is -1.38. The second-order valence-electron chi connectivity index (χ2n) is 5.89. The average molecular weight is 427 g/mol. The Morgan fingerprint density at radius 1 is 1.15 bits per heavy atom. The van der Waals surface area contributed by atoms with Crippen molar-refractivity contribution >= 4 is 41.1 Å². The van der Waals surface area contributed by atoms with E-state index in [1.165, 1.54) is 4.90 Å². The molecule has 1 heterocycles. The van der Waals surface area contributed by atoms with Crippen molar-refractivity contribution in [3.05, 3.63) is 40.9 Å². The molecule has 0 fully saturated rings. The molecule has 0 aliphatic rings. The van der Waals surface area contributed by atoms with Crippen molar-refractivity contribution in [3.63, 3.8) is 0 Å². The summed E-state index contributed by atoms with van der Waals surface area (Å²) in [6.45, 7) is 4.15. The molecule has 148 valence electrons. The van der Waals surface area contributed by atoms with Gasteiger partial charge < -0.3 is 15.2 Å². The molecule has 6 nitrogen and oxygen atoms in total. The molecule has 2 aromatic rings. The molecule has 2 rings (SSSR count). The van der Waals surface area contributed by atoms with E-state index in [1.807, 2.05) is 54.6 Å². The Bertz CT molecular complexity index is 717. The van der Waals surface area contributed by atoms with Crippen molar-refractivity contribution in [2.24, 2.45) is 12.0 Å². The van der Waals surface area contributed by atoms with E-state index in [0.717, 1.165) is 53.6 Å². The molecule has 9 heteroatoms. The summed E-state index contributed by atoms with van der Waals surface area (Å²) in [4.78, 5) is 5.87. The van der Waals surface area contributed by atoms with Gasteiger partial charge in [0.15, 0.2) is 11.8 Å². The van der Waals surface area contributed by atoms with Gasteiger partial charge in [-0.05, 0) is 49.6 Å². The first-order valence-corrected chi connectivity index (χ1v) is 11.6. The van der Waals surface area contributed by atoms with E-state index in [1.54, 1.807) is 11.8 Å². The predicted octanol–water partition coefficient (Wildman–Crippen LogP) is 3.36. The fourth-order valence-corrected chi connectivity index (χ4v) is 3.53. The molecule has 0 spiro atoms. The van der Waals surface area contributed by atoms with Gasteiger partial charge in [0.2, 0.25) is 0 Å². The van der Waals surface area contributed by atoms with Crippen LogP contribution < -0.4 is 10.6 Å². The van der Waals surface area contributed by atoms with Gasteiger partial charge in [-0.25, -0.2) is 4.99 Å². The highest BCUT2D eigenvalue weighted by Crippen LogP contribution is 2.19. The first-order chi connectivity index (χ1) is 13.1. The molecule has 0 aliphatic heterocycles. The van der Waals surface area contributed by atoms with Crippen molar-refractivity contribution in [3.8, 4) is 0 Å². The van der Waals surface area contributed by atoms with Crippen LogP contribution in [0.3, 0.4) is 0 Å². The molecule has 1 aromatic carbocycles. The molecule has 0 unspecified atom stereocenters. The number of thioether (sulfide) groups is 2. The van der Waals surface area contributed by atoms with Crippen LogP contribution >= 0.6 is 35.1 Å². The molecule has 0 radical (unpaired) electrons. The van der Waals surface area contributed by atoms with Crippen LogP contribution in [0.2, 0.25) is 5.02 Å². The number of rotatable bonds is 10. The number of hydrogen-bond donors (Lipinski definition) is 2. The lowest BCUT2D eigenvalue weighted by Crippen LogP contribution is -2.39. The molecule has 0 aliphatic carbocycles. The third-order valence-electron chi connectivity index (χ3n) is 3.86. The number of benzene rings is 1. The highest BCUT2D eigenvalue weighted by molar-refractivity contribution is 7.99. The van der Waals surface area contributed by atoms with Crippen molar-refractivity contribution in [2.75, 3.05) is 30.9 Å². The van der Waals surface area contributed by atoms with E-state index in [0.29, 0.717) is 6.54 Å². The summed E-state index contributed by atoms with van der Waals surface area (Å²) in [5.74, 6) is 4.63. The minimum Gasteiger partial charge on any atom is -0.356 e. The highest BCUT2D eigenvalue weighted by atomic mass is 35.5. The maximum Gasteiger partial charge on any atom is 0.191 e. The molecule has 0 bridgehead atoms. The van der Waals surface area contributed by atoms with Crippen LogP contribution in [0.1, 0.15) is 18.1 Å². The number of guanidine groups is 1. The number of nitrogens with zero attached hydrogens (tertiary/aromatic N) is 4. The van der Waals surface area contributed by atoms with Crippen molar-refractivity contribution in [1.82, 2.24) is 25.4 Å². The maximum atomic E-state index is 5.92. The van der Waals surface area contributed by atoms with Gasteiger partial charge >= 0.3 is 0 Å². The van der Waals surface area contributed by atoms with Gasteiger partial charge in [0, 0.05) is 35.8 Å². The number of aromatic nitrogens is 3. The number of nitrogens with one attached hydrogen (secondary N) is 2. The molecular formula is C18H27ClN6S2. The smallest absolute Gasteiger partial charge is 0.191 e. The maximum absolute atomic E-state index is 5.92. The number of halogens is 1. The summed E-state index contributed by atoms with van der Waals surface area (Å²) in [6, 6.07) is 7.92. The van der Waals surface area contributed by atoms with Gasteiger partial charge in [0.05, 0.1) is 0 Å². The zero-order valence-corrected chi connectivity index (χ0v) is 18.4. The molecule has 27 heavy (non-hydrogen) atoms. The predicted molar refractivity (Wildman–Crippen MR) is 118 cm³/mol. The number of aryl methyl sites for hydroxylation is 1. The number of hydrogen-bond acceptors (Lipinski definition) is 5. The first kappa shape index (κ1) is 21.9. The van der Waals surface area contributed by atoms with E-state index in [2.05, 4.69) is 32.1 Å². The molecule has 0 saturated carbocycles. The minimum absolute atomic E-state index is 0.500. The lowest BCUT2D eigenvalue weighted by atomic mass is 10.4. The summed E-state index contributed by atoms with van der Waals surface area (Å²) in [5.41, 5.74) is 0. The SMILES string of the molecule is CSCCCNC(=NCc1nnc(C)n1C)NCCSc1ccc(Cl)cc1. The van der Waals surface area contributed by atoms with Crippen molar-refractivity contribution in [2.45, 2.75) is 24.8 Å². The molecular weight excluding hydrogens is 400 g/mol. The molecule has 0 saturated heterocycles. The Labute approximate surface area is 175 Å². The topological polar surface area (TPSA) is 67.1 Å². The standard InChI is InChI=1S/C18H27ClN6S2/c1-14-23-24-17(25(14)2)13-22-18(20-9-4-11-26-3)21-10-12-27-16-7-5-15(19)6-8-16/h5-8H,4,9-13H2,1-3H3,(H2,20,21,22). The van der Waals surface area contributed by atoms with Crippen LogP contribution in [0.15, 0.2) is 34.2 Å². The summed E-state index contributed by atoms with van der Waals surface area (Å²) in [5, 5.41) is 15.8. The fourth-order valence-electron chi connectivity index (χ4n) is 2.21.